The van der Waals surface area contributed by atoms with Crippen molar-refractivity contribution in [3.8, 4) is 0 Å². The van der Waals surface area contributed by atoms with Gasteiger partial charge in [0.05, 0.1) is 0 Å². The summed E-state index contributed by atoms with van der Waals surface area (Å²) in [5.74, 6) is 1.76. The van der Waals surface area contributed by atoms with Crippen LogP contribution in [0, 0.1) is 12.8 Å². The minimum Gasteiger partial charge on any atom is -0.0590 e. The average Bonchev–Trinajstić information content (AvgIpc) is 2.87. The third kappa shape index (κ3) is 1.52. The van der Waals surface area contributed by atoms with Crippen molar-refractivity contribution < 1.29 is 0 Å². The van der Waals surface area contributed by atoms with Crippen LogP contribution in [0.2, 0.25) is 0 Å². The van der Waals surface area contributed by atoms with Crippen molar-refractivity contribution in [2.45, 2.75) is 32.6 Å². The molecule has 0 heterocycles. The monoisotopic (exact) mass is 160 g/mol. The van der Waals surface area contributed by atoms with Crippen LogP contribution in [0.3, 0.4) is 0 Å². The fourth-order valence-electron chi connectivity index (χ4n) is 1.74. The Bertz CT molecular complexity index is 254. The largest absolute Gasteiger partial charge is 0.0590 e. The minimum atomic E-state index is 0.783. The van der Waals surface area contributed by atoms with E-state index in [1.807, 2.05) is 0 Å². The molecular formula is C12H16. The molecule has 0 aliphatic heterocycles. The molecule has 0 heteroatoms. The van der Waals surface area contributed by atoms with E-state index in [2.05, 4.69) is 38.1 Å². The molecule has 64 valence electrons. The van der Waals surface area contributed by atoms with Gasteiger partial charge in [-0.2, -0.15) is 0 Å². The molecule has 1 aromatic rings. The van der Waals surface area contributed by atoms with E-state index < -0.39 is 0 Å². The first kappa shape index (κ1) is 7.85. The molecule has 1 fully saturated rings. The molecule has 0 aromatic heterocycles. The average molecular weight is 160 g/mol. The predicted molar refractivity (Wildman–Crippen MR) is 52.3 cm³/mol. The van der Waals surface area contributed by atoms with Crippen LogP contribution in [-0.4, -0.2) is 0 Å². The Morgan fingerprint density at radius 2 is 1.75 bits per heavy atom. The molecular weight excluding hydrogens is 144 g/mol. The molecule has 1 aromatic carbocycles. The fourth-order valence-corrected chi connectivity index (χ4v) is 1.74. The fraction of sp³-hybridized carbons (Fsp3) is 0.500. The van der Waals surface area contributed by atoms with Gasteiger partial charge in [-0.25, -0.2) is 0 Å². The summed E-state index contributed by atoms with van der Waals surface area (Å²) < 4.78 is 0. The zero-order chi connectivity index (χ0) is 8.55. The molecule has 0 spiro atoms. The smallest absolute Gasteiger partial charge is 0.0162 e. The van der Waals surface area contributed by atoms with Gasteiger partial charge in [0.1, 0.15) is 0 Å². The van der Waals surface area contributed by atoms with Crippen molar-refractivity contribution in [3.63, 3.8) is 0 Å². The molecule has 0 saturated heterocycles. The Labute approximate surface area is 74.6 Å². The van der Waals surface area contributed by atoms with E-state index in [1.165, 1.54) is 24.0 Å². The highest BCUT2D eigenvalue weighted by Gasteiger charge is 2.28. The lowest BCUT2D eigenvalue weighted by Gasteiger charge is -2.09. The summed E-state index contributed by atoms with van der Waals surface area (Å²) in [6.45, 7) is 4.49. The first-order chi connectivity index (χ1) is 5.77. The third-order valence-electron chi connectivity index (χ3n) is 2.93. The van der Waals surface area contributed by atoms with Crippen molar-refractivity contribution >= 4 is 0 Å². The van der Waals surface area contributed by atoms with Crippen LogP contribution in [0.25, 0.3) is 0 Å². The Morgan fingerprint density at radius 1 is 1.17 bits per heavy atom. The van der Waals surface area contributed by atoms with Crippen molar-refractivity contribution in [3.05, 3.63) is 35.4 Å². The van der Waals surface area contributed by atoms with E-state index >= 15 is 0 Å². The molecule has 0 bridgehead atoms. The van der Waals surface area contributed by atoms with Crippen molar-refractivity contribution in [1.29, 1.82) is 0 Å². The maximum Gasteiger partial charge on any atom is -0.0162 e. The molecule has 0 nitrogen and oxygen atoms in total. The van der Waals surface area contributed by atoms with Crippen LogP contribution in [0.1, 0.15) is 36.8 Å². The van der Waals surface area contributed by atoms with E-state index in [0.717, 1.165) is 11.8 Å². The highest BCUT2D eigenvalue weighted by atomic mass is 14.3. The number of hydrogen-bond acceptors (Lipinski definition) is 0. The van der Waals surface area contributed by atoms with Gasteiger partial charge < -0.3 is 0 Å². The van der Waals surface area contributed by atoms with Gasteiger partial charge in [-0.1, -0.05) is 36.8 Å². The third-order valence-corrected chi connectivity index (χ3v) is 2.93. The van der Waals surface area contributed by atoms with Gasteiger partial charge in [0.2, 0.25) is 0 Å². The van der Waals surface area contributed by atoms with Gasteiger partial charge >= 0.3 is 0 Å². The summed E-state index contributed by atoms with van der Waals surface area (Å²) in [6.07, 6.45) is 2.88. The number of benzene rings is 1. The summed E-state index contributed by atoms with van der Waals surface area (Å²) in [4.78, 5) is 0. The van der Waals surface area contributed by atoms with Gasteiger partial charge in [0, 0.05) is 0 Å². The van der Waals surface area contributed by atoms with Crippen molar-refractivity contribution in [2.24, 2.45) is 5.92 Å². The summed E-state index contributed by atoms with van der Waals surface area (Å²) in [7, 11) is 0. The topological polar surface area (TPSA) is 0 Å². The lowest BCUT2D eigenvalue weighted by molar-refractivity contribution is 0.664. The molecule has 1 aliphatic rings. The van der Waals surface area contributed by atoms with Gasteiger partial charge in [-0.05, 0) is 37.2 Å². The molecule has 0 N–H and O–H groups in total. The van der Waals surface area contributed by atoms with Crippen molar-refractivity contribution in [2.75, 3.05) is 0 Å². The van der Waals surface area contributed by atoms with E-state index in [-0.39, 0.29) is 0 Å². The predicted octanol–water partition coefficient (Wildman–Crippen LogP) is 3.51. The highest BCUT2D eigenvalue weighted by molar-refractivity contribution is 5.25. The lowest BCUT2D eigenvalue weighted by atomic mass is 9.96. The summed E-state index contributed by atoms with van der Waals surface area (Å²) in [5.41, 5.74) is 2.88. The van der Waals surface area contributed by atoms with Crippen LogP contribution in [0.15, 0.2) is 24.3 Å². The quantitative estimate of drug-likeness (QED) is 0.621. The standard InChI is InChI=1S/C12H16/c1-9-3-5-11(6-4-9)10(2)12-7-8-12/h3-6,10,12H,7-8H2,1-2H3. The number of rotatable bonds is 2. The van der Waals surface area contributed by atoms with Crippen LogP contribution >= 0.6 is 0 Å². The summed E-state index contributed by atoms with van der Waals surface area (Å²) >= 11 is 0. The molecule has 1 atom stereocenters. The second-order valence-corrected chi connectivity index (χ2v) is 4.04. The Balaban J connectivity index is 2.16. The molecule has 0 amide bonds. The second kappa shape index (κ2) is 2.93. The summed E-state index contributed by atoms with van der Waals surface area (Å²) in [5, 5.41) is 0. The second-order valence-electron chi connectivity index (χ2n) is 4.04. The number of aryl methyl sites for hydroxylation is 1. The van der Waals surface area contributed by atoms with Crippen molar-refractivity contribution in [1.82, 2.24) is 0 Å². The van der Waals surface area contributed by atoms with Crippen LogP contribution in [-0.2, 0) is 0 Å². The Morgan fingerprint density at radius 3 is 2.25 bits per heavy atom. The van der Waals surface area contributed by atoms with Crippen LogP contribution in [0.4, 0.5) is 0 Å². The molecule has 12 heavy (non-hydrogen) atoms. The Kier molecular flexibility index (Phi) is 1.92. The van der Waals surface area contributed by atoms with Crippen LogP contribution in [0.5, 0.6) is 0 Å². The molecule has 1 aliphatic carbocycles. The molecule has 0 radical (unpaired) electrons. The normalized spacial score (nSPS) is 19.2. The van der Waals surface area contributed by atoms with Crippen LogP contribution < -0.4 is 0 Å². The molecule has 1 saturated carbocycles. The maximum atomic E-state index is 2.35. The molecule has 2 rings (SSSR count). The van der Waals surface area contributed by atoms with Gasteiger partial charge in [0.25, 0.3) is 0 Å². The maximum absolute atomic E-state index is 2.35. The number of hydrogen-bond donors (Lipinski definition) is 0. The van der Waals surface area contributed by atoms with Gasteiger partial charge in [-0.15, -0.1) is 0 Å². The van der Waals surface area contributed by atoms with E-state index in [1.54, 1.807) is 0 Å². The summed E-state index contributed by atoms with van der Waals surface area (Å²) in [6, 6.07) is 8.99. The van der Waals surface area contributed by atoms with E-state index in [0.29, 0.717) is 0 Å². The first-order valence-electron chi connectivity index (χ1n) is 4.84. The zero-order valence-corrected chi connectivity index (χ0v) is 7.88. The van der Waals surface area contributed by atoms with Gasteiger partial charge in [0.15, 0.2) is 0 Å². The molecule has 1 unspecified atom stereocenters. The van der Waals surface area contributed by atoms with E-state index in [4.69, 9.17) is 0 Å². The highest BCUT2D eigenvalue weighted by Crippen LogP contribution is 2.42. The van der Waals surface area contributed by atoms with E-state index in [9.17, 15) is 0 Å². The minimum absolute atomic E-state index is 0.783. The first-order valence-corrected chi connectivity index (χ1v) is 4.84. The van der Waals surface area contributed by atoms with Gasteiger partial charge in [-0.3, -0.25) is 0 Å². The zero-order valence-electron chi connectivity index (χ0n) is 7.88. The lowest BCUT2D eigenvalue weighted by Crippen LogP contribution is -1.94. The SMILES string of the molecule is Cc1ccc(C(C)C2CC2)cc1. The Hall–Kier alpha value is -0.780.